The van der Waals surface area contributed by atoms with Crippen molar-refractivity contribution in [3.63, 3.8) is 0 Å². The van der Waals surface area contributed by atoms with Gasteiger partial charge in [0.25, 0.3) is 0 Å². The van der Waals surface area contributed by atoms with E-state index < -0.39 is 5.60 Å². The van der Waals surface area contributed by atoms with Crippen LogP contribution in [-0.4, -0.2) is 47.4 Å². The standard InChI is InChI=1S/C13H18Cl2N2O2/c1-17(9-13(18)2-4-19-5-3-13)8-10-7-16-12(15)6-11(10)14/h6-7,18H,2-5,8-9H2,1H3. The first-order valence-electron chi connectivity index (χ1n) is 6.27. The molecule has 0 unspecified atom stereocenters. The molecule has 1 aromatic heterocycles. The number of nitrogens with zero attached hydrogens (tertiary/aromatic N) is 2. The van der Waals surface area contributed by atoms with Gasteiger partial charge >= 0.3 is 0 Å². The summed E-state index contributed by atoms with van der Waals surface area (Å²) < 4.78 is 5.27. The molecule has 2 heterocycles. The van der Waals surface area contributed by atoms with Crippen LogP contribution in [0, 0.1) is 0 Å². The van der Waals surface area contributed by atoms with E-state index in [-0.39, 0.29) is 0 Å². The van der Waals surface area contributed by atoms with Crippen molar-refractivity contribution in [3.8, 4) is 0 Å². The van der Waals surface area contributed by atoms with Gasteiger partial charge in [0, 0.05) is 55.9 Å². The Labute approximate surface area is 123 Å². The van der Waals surface area contributed by atoms with Crippen molar-refractivity contribution in [2.75, 3.05) is 26.8 Å². The fourth-order valence-electron chi connectivity index (χ4n) is 2.31. The molecule has 1 fully saturated rings. The smallest absolute Gasteiger partial charge is 0.130 e. The molecule has 6 heteroatoms. The summed E-state index contributed by atoms with van der Waals surface area (Å²) in [6, 6.07) is 1.63. The highest BCUT2D eigenvalue weighted by molar-refractivity contribution is 6.34. The highest BCUT2D eigenvalue weighted by Crippen LogP contribution is 2.24. The van der Waals surface area contributed by atoms with Gasteiger partial charge in [-0.05, 0) is 13.1 Å². The van der Waals surface area contributed by atoms with Crippen molar-refractivity contribution in [2.24, 2.45) is 0 Å². The molecule has 0 atom stereocenters. The third-order valence-electron chi connectivity index (χ3n) is 3.32. The lowest BCUT2D eigenvalue weighted by Gasteiger charge is -2.35. The maximum atomic E-state index is 10.4. The van der Waals surface area contributed by atoms with Crippen LogP contribution in [0.4, 0.5) is 0 Å². The molecule has 0 amide bonds. The molecule has 2 rings (SSSR count). The van der Waals surface area contributed by atoms with Crippen molar-refractivity contribution in [1.29, 1.82) is 0 Å². The van der Waals surface area contributed by atoms with Crippen LogP contribution < -0.4 is 0 Å². The van der Waals surface area contributed by atoms with Gasteiger partial charge in [-0.1, -0.05) is 23.2 Å². The number of hydrogen-bond donors (Lipinski definition) is 1. The Morgan fingerprint density at radius 2 is 2.11 bits per heavy atom. The molecule has 19 heavy (non-hydrogen) atoms. The zero-order chi connectivity index (χ0) is 13.9. The van der Waals surface area contributed by atoms with E-state index in [0.29, 0.717) is 49.3 Å². The van der Waals surface area contributed by atoms with Crippen LogP contribution >= 0.6 is 23.2 Å². The van der Waals surface area contributed by atoms with E-state index in [2.05, 4.69) is 4.98 Å². The van der Waals surface area contributed by atoms with Gasteiger partial charge in [-0.15, -0.1) is 0 Å². The lowest BCUT2D eigenvalue weighted by Crippen LogP contribution is -2.45. The second-order valence-electron chi connectivity index (χ2n) is 5.11. The summed E-state index contributed by atoms with van der Waals surface area (Å²) in [5.74, 6) is 0. The number of aromatic nitrogens is 1. The number of rotatable bonds is 4. The molecule has 0 spiro atoms. The summed E-state index contributed by atoms with van der Waals surface area (Å²) in [7, 11) is 1.96. The summed E-state index contributed by atoms with van der Waals surface area (Å²) in [5.41, 5.74) is 0.239. The topological polar surface area (TPSA) is 45.6 Å². The van der Waals surface area contributed by atoms with Gasteiger partial charge in [0.1, 0.15) is 5.15 Å². The van der Waals surface area contributed by atoms with E-state index in [0.717, 1.165) is 5.56 Å². The summed E-state index contributed by atoms with van der Waals surface area (Å²) in [5, 5.41) is 11.4. The Hall–Kier alpha value is -0.390. The molecule has 1 aliphatic rings. The minimum Gasteiger partial charge on any atom is -0.388 e. The van der Waals surface area contributed by atoms with Gasteiger partial charge in [0.15, 0.2) is 0 Å². The first-order chi connectivity index (χ1) is 8.98. The molecular formula is C13H18Cl2N2O2. The predicted molar refractivity (Wildman–Crippen MR) is 75.6 cm³/mol. The van der Waals surface area contributed by atoms with Crippen molar-refractivity contribution in [2.45, 2.75) is 25.0 Å². The molecule has 1 saturated heterocycles. The zero-order valence-electron chi connectivity index (χ0n) is 10.9. The van der Waals surface area contributed by atoms with E-state index in [1.165, 1.54) is 0 Å². The minimum absolute atomic E-state index is 0.388. The maximum absolute atomic E-state index is 10.4. The van der Waals surface area contributed by atoms with Crippen molar-refractivity contribution >= 4 is 23.2 Å². The van der Waals surface area contributed by atoms with Gasteiger partial charge in [-0.2, -0.15) is 0 Å². The molecule has 0 aromatic carbocycles. The van der Waals surface area contributed by atoms with Crippen LogP contribution in [-0.2, 0) is 11.3 Å². The normalized spacial score (nSPS) is 18.8. The number of ether oxygens (including phenoxy) is 1. The van der Waals surface area contributed by atoms with Crippen LogP contribution in [0.1, 0.15) is 18.4 Å². The molecule has 0 radical (unpaired) electrons. The van der Waals surface area contributed by atoms with Crippen molar-refractivity contribution in [3.05, 3.63) is 28.0 Å². The Morgan fingerprint density at radius 1 is 1.42 bits per heavy atom. The number of pyridine rings is 1. The number of hydrogen-bond acceptors (Lipinski definition) is 4. The fourth-order valence-corrected chi connectivity index (χ4v) is 2.74. The second-order valence-corrected chi connectivity index (χ2v) is 5.90. The Morgan fingerprint density at radius 3 is 2.74 bits per heavy atom. The third kappa shape index (κ3) is 4.29. The fraction of sp³-hybridized carbons (Fsp3) is 0.615. The Kier molecular flexibility index (Phi) is 5.03. The van der Waals surface area contributed by atoms with Crippen LogP contribution in [0.2, 0.25) is 10.2 Å². The quantitative estimate of drug-likeness (QED) is 0.868. The zero-order valence-corrected chi connectivity index (χ0v) is 12.4. The SMILES string of the molecule is CN(Cc1cnc(Cl)cc1Cl)CC1(O)CCOCC1. The Bertz CT molecular complexity index is 437. The van der Waals surface area contributed by atoms with E-state index in [4.69, 9.17) is 27.9 Å². The number of aliphatic hydroxyl groups is 1. The minimum atomic E-state index is -0.667. The highest BCUT2D eigenvalue weighted by Gasteiger charge is 2.31. The van der Waals surface area contributed by atoms with Crippen molar-refractivity contribution < 1.29 is 9.84 Å². The van der Waals surface area contributed by atoms with E-state index in [1.807, 2.05) is 11.9 Å². The summed E-state index contributed by atoms with van der Waals surface area (Å²) >= 11 is 11.9. The van der Waals surface area contributed by atoms with Crippen LogP contribution in [0.3, 0.4) is 0 Å². The van der Waals surface area contributed by atoms with E-state index >= 15 is 0 Å². The number of likely N-dealkylation sites (N-methyl/N-ethyl adjacent to an activating group) is 1. The summed E-state index contributed by atoms with van der Waals surface area (Å²) in [6.45, 7) is 2.46. The highest BCUT2D eigenvalue weighted by atomic mass is 35.5. The van der Waals surface area contributed by atoms with Crippen molar-refractivity contribution in [1.82, 2.24) is 9.88 Å². The Balaban J connectivity index is 1.95. The van der Waals surface area contributed by atoms with E-state index in [1.54, 1.807) is 12.3 Å². The molecule has 1 N–H and O–H groups in total. The molecule has 4 nitrogen and oxygen atoms in total. The maximum Gasteiger partial charge on any atom is 0.130 e. The predicted octanol–water partition coefficient (Wildman–Crippen LogP) is 2.36. The molecular weight excluding hydrogens is 287 g/mol. The molecule has 0 saturated carbocycles. The van der Waals surface area contributed by atoms with Crippen LogP contribution in [0.25, 0.3) is 0 Å². The molecule has 0 aliphatic carbocycles. The first-order valence-corrected chi connectivity index (χ1v) is 7.03. The first kappa shape index (κ1) is 15.0. The van der Waals surface area contributed by atoms with Gasteiger partial charge < -0.3 is 9.84 Å². The molecule has 106 valence electrons. The van der Waals surface area contributed by atoms with E-state index in [9.17, 15) is 5.11 Å². The van der Waals surface area contributed by atoms with Crippen LogP contribution in [0.15, 0.2) is 12.3 Å². The molecule has 1 aliphatic heterocycles. The average Bonchev–Trinajstić information content (AvgIpc) is 2.33. The lowest BCUT2D eigenvalue weighted by atomic mass is 9.94. The largest absolute Gasteiger partial charge is 0.388 e. The van der Waals surface area contributed by atoms with Gasteiger partial charge in [-0.25, -0.2) is 4.98 Å². The summed E-state index contributed by atoms with van der Waals surface area (Å²) in [4.78, 5) is 6.07. The van der Waals surface area contributed by atoms with Gasteiger partial charge in [0.2, 0.25) is 0 Å². The van der Waals surface area contributed by atoms with Crippen LogP contribution in [0.5, 0.6) is 0 Å². The monoisotopic (exact) mass is 304 g/mol. The second kappa shape index (κ2) is 6.37. The number of halogens is 2. The average molecular weight is 305 g/mol. The lowest BCUT2D eigenvalue weighted by molar-refractivity contribution is -0.0777. The summed E-state index contributed by atoms with van der Waals surface area (Å²) in [6.07, 6.45) is 3.02. The van der Waals surface area contributed by atoms with Gasteiger partial charge in [0.05, 0.1) is 5.60 Å². The van der Waals surface area contributed by atoms with Gasteiger partial charge in [-0.3, -0.25) is 4.90 Å². The third-order valence-corrected chi connectivity index (χ3v) is 3.88. The molecule has 1 aromatic rings. The molecule has 0 bridgehead atoms.